The minimum Gasteiger partial charge on any atom is -0.399 e. The molecule has 0 bridgehead atoms. The van der Waals surface area contributed by atoms with Gasteiger partial charge in [-0.2, -0.15) is 11.8 Å². The average molecular weight is 278 g/mol. The maximum Gasteiger partial charge on any atom is 0.230 e. The van der Waals surface area contributed by atoms with E-state index < -0.39 is 5.41 Å². The summed E-state index contributed by atoms with van der Waals surface area (Å²) in [5.41, 5.74) is 6.80. The summed E-state index contributed by atoms with van der Waals surface area (Å²) in [6, 6.07) is 7.46. The van der Waals surface area contributed by atoms with Crippen LogP contribution in [-0.4, -0.2) is 24.0 Å². The molecule has 3 nitrogen and oxygen atoms in total. The van der Waals surface area contributed by atoms with Gasteiger partial charge in [-0.05, 0) is 31.5 Å². The Bertz CT molecular complexity index is 426. The monoisotopic (exact) mass is 278 g/mol. The first-order valence-corrected chi connectivity index (χ1v) is 7.47. The molecule has 0 aliphatic heterocycles. The molecule has 3 N–H and O–H groups in total. The van der Waals surface area contributed by atoms with Crippen LogP contribution in [0.2, 0.25) is 0 Å². The summed E-state index contributed by atoms with van der Waals surface area (Å²) in [6.45, 7) is 8.18. The Morgan fingerprint density at radius 1 is 1.42 bits per heavy atom. The molecule has 19 heavy (non-hydrogen) atoms. The number of amides is 1. The van der Waals surface area contributed by atoms with E-state index in [-0.39, 0.29) is 5.91 Å². The van der Waals surface area contributed by atoms with E-state index in [2.05, 4.69) is 11.9 Å². The number of nitrogens with one attached hydrogen (secondary N) is 1. The SMILES string of the molecule is C=CCSCCNC(=O)C(C)(C)c1ccc(N)cc1. The third-order valence-corrected chi connectivity index (χ3v) is 3.93. The first-order valence-electron chi connectivity index (χ1n) is 6.31. The Morgan fingerprint density at radius 2 is 2.05 bits per heavy atom. The van der Waals surface area contributed by atoms with Crippen molar-refractivity contribution in [3.05, 3.63) is 42.5 Å². The first kappa shape index (κ1) is 15.6. The van der Waals surface area contributed by atoms with Crippen molar-refractivity contribution in [3.8, 4) is 0 Å². The highest BCUT2D eigenvalue weighted by molar-refractivity contribution is 7.99. The van der Waals surface area contributed by atoms with E-state index in [1.807, 2.05) is 44.2 Å². The number of hydrogen-bond donors (Lipinski definition) is 2. The Hall–Kier alpha value is -1.42. The topological polar surface area (TPSA) is 55.1 Å². The van der Waals surface area contributed by atoms with Crippen molar-refractivity contribution >= 4 is 23.4 Å². The van der Waals surface area contributed by atoms with Crippen LogP contribution >= 0.6 is 11.8 Å². The standard InChI is InChI=1S/C15H22N2OS/c1-4-10-19-11-9-17-14(18)15(2,3)12-5-7-13(16)8-6-12/h4-8H,1,9-11,16H2,2-3H3,(H,17,18). The summed E-state index contributed by atoms with van der Waals surface area (Å²) in [7, 11) is 0. The van der Waals surface area contributed by atoms with Gasteiger partial charge in [0.25, 0.3) is 0 Å². The highest BCUT2D eigenvalue weighted by Gasteiger charge is 2.29. The lowest BCUT2D eigenvalue weighted by molar-refractivity contribution is -0.125. The molecule has 0 radical (unpaired) electrons. The fraction of sp³-hybridized carbons (Fsp3) is 0.400. The second-order valence-electron chi connectivity index (χ2n) is 4.87. The van der Waals surface area contributed by atoms with Crippen LogP contribution in [0.25, 0.3) is 0 Å². The number of carbonyl (C=O) groups is 1. The van der Waals surface area contributed by atoms with E-state index in [4.69, 9.17) is 5.73 Å². The predicted octanol–water partition coefficient (Wildman–Crippen LogP) is 2.58. The zero-order valence-corrected chi connectivity index (χ0v) is 12.4. The third kappa shape index (κ3) is 4.63. The van der Waals surface area contributed by atoms with Crippen molar-refractivity contribution in [3.63, 3.8) is 0 Å². The summed E-state index contributed by atoms with van der Waals surface area (Å²) >= 11 is 1.75. The maximum atomic E-state index is 12.2. The van der Waals surface area contributed by atoms with E-state index in [9.17, 15) is 4.79 Å². The minimum atomic E-state index is -0.545. The quantitative estimate of drug-likeness (QED) is 0.458. The highest BCUT2D eigenvalue weighted by Crippen LogP contribution is 2.24. The van der Waals surface area contributed by atoms with Gasteiger partial charge in [-0.3, -0.25) is 4.79 Å². The van der Waals surface area contributed by atoms with E-state index in [1.165, 1.54) is 0 Å². The lowest BCUT2D eigenvalue weighted by atomic mass is 9.83. The van der Waals surface area contributed by atoms with E-state index in [1.54, 1.807) is 11.8 Å². The molecule has 1 aromatic rings. The molecule has 104 valence electrons. The van der Waals surface area contributed by atoms with Gasteiger partial charge in [0.2, 0.25) is 5.91 Å². The van der Waals surface area contributed by atoms with Gasteiger partial charge >= 0.3 is 0 Å². The molecule has 0 heterocycles. The molecule has 0 spiro atoms. The lowest BCUT2D eigenvalue weighted by Crippen LogP contribution is -2.41. The highest BCUT2D eigenvalue weighted by atomic mass is 32.2. The molecule has 0 unspecified atom stereocenters. The molecular formula is C15H22N2OS. The van der Waals surface area contributed by atoms with E-state index >= 15 is 0 Å². The number of carbonyl (C=O) groups excluding carboxylic acids is 1. The molecule has 4 heteroatoms. The summed E-state index contributed by atoms with van der Waals surface area (Å²) in [6.07, 6.45) is 1.87. The normalized spacial score (nSPS) is 11.1. The van der Waals surface area contributed by atoms with Gasteiger partial charge in [-0.1, -0.05) is 18.2 Å². The molecule has 0 aliphatic rings. The van der Waals surface area contributed by atoms with Gasteiger partial charge in [0.15, 0.2) is 0 Å². The molecule has 1 aromatic carbocycles. The van der Waals surface area contributed by atoms with E-state index in [0.29, 0.717) is 12.2 Å². The van der Waals surface area contributed by atoms with Crippen LogP contribution < -0.4 is 11.1 Å². The average Bonchev–Trinajstić information content (AvgIpc) is 2.38. The number of nitrogen functional groups attached to an aromatic ring is 1. The van der Waals surface area contributed by atoms with Crippen molar-refractivity contribution in [2.24, 2.45) is 0 Å². The van der Waals surface area contributed by atoms with Gasteiger partial charge in [0.05, 0.1) is 5.41 Å². The van der Waals surface area contributed by atoms with E-state index in [0.717, 1.165) is 17.1 Å². The Labute approximate surface area is 119 Å². The van der Waals surface area contributed by atoms with Gasteiger partial charge in [0.1, 0.15) is 0 Å². The number of anilines is 1. The fourth-order valence-corrected chi connectivity index (χ4v) is 2.23. The second kappa shape index (κ2) is 7.24. The number of thioether (sulfide) groups is 1. The molecule has 0 atom stereocenters. The van der Waals surface area contributed by atoms with Crippen molar-refractivity contribution in [1.82, 2.24) is 5.32 Å². The number of nitrogens with two attached hydrogens (primary N) is 1. The van der Waals surface area contributed by atoms with Gasteiger partial charge in [-0.15, -0.1) is 6.58 Å². The van der Waals surface area contributed by atoms with Crippen molar-refractivity contribution in [2.75, 3.05) is 23.8 Å². The van der Waals surface area contributed by atoms with Crippen molar-refractivity contribution in [2.45, 2.75) is 19.3 Å². The minimum absolute atomic E-state index is 0.0384. The lowest BCUT2D eigenvalue weighted by Gasteiger charge is -2.24. The molecule has 1 amide bonds. The first-order chi connectivity index (χ1) is 8.98. The summed E-state index contributed by atoms with van der Waals surface area (Å²) < 4.78 is 0. The zero-order chi connectivity index (χ0) is 14.3. The zero-order valence-electron chi connectivity index (χ0n) is 11.6. The number of benzene rings is 1. The molecule has 0 aromatic heterocycles. The smallest absolute Gasteiger partial charge is 0.230 e. The Balaban J connectivity index is 2.54. The van der Waals surface area contributed by atoms with Crippen LogP contribution in [-0.2, 0) is 10.2 Å². The summed E-state index contributed by atoms with van der Waals surface area (Å²) in [5, 5.41) is 2.97. The molecule has 0 aliphatic carbocycles. The molecule has 0 saturated heterocycles. The van der Waals surface area contributed by atoms with Crippen LogP contribution in [0, 0.1) is 0 Å². The maximum absolute atomic E-state index is 12.2. The number of rotatable bonds is 7. The third-order valence-electron chi connectivity index (χ3n) is 2.97. The largest absolute Gasteiger partial charge is 0.399 e. The van der Waals surface area contributed by atoms with Crippen LogP contribution in [0.4, 0.5) is 5.69 Å². The van der Waals surface area contributed by atoms with Crippen LogP contribution in [0.3, 0.4) is 0 Å². The molecule has 1 rings (SSSR count). The summed E-state index contributed by atoms with van der Waals surface area (Å²) in [4.78, 5) is 12.2. The summed E-state index contributed by atoms with van der Waals surface area (Å²) in [5.74, 6) is 1.85. The number of hydrogen-bond acceptors (Lipinski definition) is 3. The predicted molar refractivity (Wildman–Crippen MR) is 84.4 cm³/mol. The van der Waals surface area contributed by atoms with Crippen molar-refractivity contribution in [1.29, 1.82) is 0 Å². The van der Waals surface area contributed by atoms with Crippen LogP contribution in [0.15, 0.2) is 36.9 Å². The van der Waals surface area contributed by atoms with Crippen LogP contribution in [0.1, 0.15) is 19.4 Å². The Morgan fingerprint density at radius 3 is 2.63 bits per heavy atom. The molecule has 0 saturated carbocycles. The van der Waals surface area contributed by atoms with Crippen molar-refractivity contribution < 1.29 is 4.79 Å². The van der Waals surface area contributed by atoms with Gasteiger partial charge in [0, 0.05) is 23.7 Å². The molecular weight excluding hydrogens is 256 g/mol. The second-order valence-corrected chi connectivity index (χ2v) is 6.02. The fourth-order valence-electron chi connectivity index (χ4n) is 1.66. The van der Waals surface area contributed by atoms with Gasteiger partial charge in [-0.25, -0.2) is 0 Å². The molecule has 0 fully saturated rings. The Kier molecular flexibility index (Phi) is 5.96. The van der Waals surface area contributed by atoms with Gasteiger partial charge < -0.3 is 11.1 Å². The van der Waals surface area contributed by atoms with Crippen LogP contribution in [0.5, 0.6) is 0 Å².